The lowest BCUT2D eigenvalue weighted by Gasteiger charge is -2.34. The molecule has 1 heterocycles. The predicted molar refractivity (Wildman–Crippen MR) is 77.1 cm³/mol. The Kier molecular flexibility index (Phi) is 4.69. The number of nitrogens with zero attached hydrogens (tertiary/aromatic N) is 2. The summed E-state index contributed by atoms with van der Waals surface area (Å²) in [6, 6.07) is 4.49. The first kappa shape index (κ1) is 14.9. The second kappa shape index (κ2) is 6.29. The zero-order valence-corrected chi connectivity index (χ0v) is 12.3. The third kappa shape index (κ3) is 3.14. The number of amides is 1. The van der Waals surface area contributed by atoms with Crippen molar-refractivity contribution in [1.82, 2.24) is 10.2 Å². The van der Waals surface area contributed by atoms with Gasteiger partial charge >= 0.3 is 0 Å². The monoisotopic (exact) mass is 342 g/mol. The van der Waals surface area contributed by atoms with Gasteiger partial charge in [0.2, 0.25) is 5.91 Å². The molecule has 2 rings (SSSR count). The van der Waals surface area contributed by atoms with Crippen LogP contribution in [0.2, 0.25) is 0 Å². The molecule has 1 saturated heterocycles. The minimum Gasteiger partial charge on any atom is -0.368 e. The second-order valence-electron chi connectivity index (χ2n) is 4.60. The molecule has 1 aliphatic rings. The van der Waals surface area contributed by atoms with Crippen molar-refractivity contribution in [3.63, 3.8) is 0 Å². The Balaban J connectivity index is 2.22. The highest BCUT2D eigenvalue weighted by Gasteiger charge is 2.28. The first-order chi connectivity index (χ1) is 9.50. The van der Waals surface area contributed by atoms with Gasteiger partial charge in [-0.3, -0.25) is 19.8 Å². The van der Waals surface area contributed by atoms with Gasteiger partial charge in [0.05, 0.1) is 9.40 Å². The fourth-order valence-corrected chi connectivity index (χ4v) is 2.80. The molecule has 0 radical (unpaired) electrons. The fraction of sp³-hybridized carbons (Fsp3) is 0.417. The molecule has 0 saturated carbocycles. The number of nitrogens with one attached hydrogen (secondary N) is 1. The SMILES string of the molecule is NC(=O)C1CNCCN1Cc1cccc([N+](=O)[O-])c1Br. The summed E-state index contributed by atoms with van der Waals surface area (Å²) in [5, 5.41) is 14.0. The number of carbonyl (C=O) groups excluding carboxylic acids is 1. The third-order valence-corrected chi connectivity index (χ3v) is 4.23. The van der Waals surface area contributed by atoms with Crippen LogP contribution in [-0.4, -0.2) is 41.4 Å². The molecule has 1 unspecified atom stereocenters. The quantitative estimate of drug-likeness (QED) is 0.616. The van der Waals surface area contributed by atoms with Crippen LogP contribution in [0.25, 0.3) is 0 Å². The average Bonchev–Trinajstić information content (AvgIpc) is 2.41. The van der Waals surface area contributed by atoms with Gasteiger partial charge in [-0.15, -0.1) is 0 Å². The third-order valence-electron chi connectivity index (χ3n) is 3.31. The molecule has 0 bridgehead atoms. The van der Waals surface area contributed by atoms with E-state index in [2.05, 4.69) is 21.2 Å². The van der Waals surface area contributed by atoms with E-state index in [1.165, 1.54) is 6.07 Å². The van der Waals surface area contributed by atoms with Crippen molar-refractivity contribution in [2.45, 2.75) is 12.6 Å². The number of carbonyl (C=O) groups is 1. The largest absolute Gasteiger partial charge is 0.368 e. The van der Waals surface area contributed by atoms with E-state index in [9.17, 15) is 14.9 Å². The van der Waals surface area contributed by atoms with Crippen molar-refractivity contribution in [2.75, 3.05) is 19.6 Å². The number of nitro groups is 1. The topological polar surface area (TPSA) is 102 Å². The van der Waals surface area contributed by atoms with Gasteiger partial charge in [-0.1, -0.05) is 12.1 Å². The summed E-state index contributed by atoms with van der Waals surface area (Å²) < 4.78 is 0.451. The maximum absolute atomic E-state index is 11.4. The zero-order valence-electron chi connectivity index (χ0n) is 10.7. The second-order valence-corrected chi connectivity index (χ2v) is 5.39. The highest BCUT2D eigenvalue weighted by atomic mass is 79.9. The molecule has 1 atom stereocenters. The zero-order chi connectivity index (χ0) is 14.7. The summed E-state index contributed by atoms with van der Waals surface area (Å²) in [6.07, 6.45) is 0. The van der Waals surface area contributed by atoms with Crippen molar-refractivity contribution >= 4 is 27.5 Å². The van der Waals surface area contributed by atoms with Gasteiger partial charge in [-0.05, 0) is 21.5 Å². The first-order valence-electron chi connectivity index (χ1n) is 6.16. The van der Waals surface area contributed by atoms with Crippen molar-refractivity contribution in [3.8, 4) is 0 Å². The van der Waals surface area contributed by atoms with E-state index in [4.69, 9.17) is 5.73 Å². The fourth-order valence-electron chi connectivity index (χ4n) is 2.26. The Morgan fingerprint density at radius 1 is 1.60 bits per heavy atom. The lowest BCUT2D eigenvalue weighted by atomic mass is 10.1. The van der Waals surface area contributed by atoms with Gasteiger partial charge in [-0.2, -0.15) is 0 Å². The Morgan fingerprint density at radius 3 is 3.00 bits per heavy atom. The molecule has 1 aliphatic heterocycles. The summed E-state index contributed by atoms with van der Waals surface area (Å²) in [7, 11) is 0. The van der Waals surface area contributed by atoms with E-state index in [1.54, 1.807) is 12.1 Å². The molecule has 1 amide bonds. The van der Waals surface area contributed by atoms with Crippen LogP contribution in [0.5, 0.6) is 0 Å². The van der Waals surface area contributed by atoms with Crippen LogP contribution in [0.3, 0.4) is 0 Å². The van der Waals surface area contributed by atoms with Crippen molar-refractivity contribution in [3.05, 3.63) is 38.3 Å². The lowest BCUT2D eigenvalue weighted by molar-refractivity contribution is -0.385. The lowest BCUT2D eigenvalue weighted by Crippen LogP contribution is -2.56. The summed E-state index contributed by atoms with van der Waals surface area (Å²) in [5.41, 5.74) is 6.18. The van der Waals surface area contributed by atoms with Gasteiger partial charge in [0, 0.05) is 32.2 Å². The van der Waals surface area contributed by atoms with Gasteiger partial charge in [0.1, 0.15) is 6.04 Å². The van der Waals surface area contributed by atoms with Crippen LogP contribution >= 0.6 is 15.9 Å². The number of piperazine rings is 1. The van der Waals surface area contributed by atoms with Crippen molar-refractivity contribution in [2.24, 2.45) is 5.73 Å². The van der Waals surface area contributed by atoms with Gasteiger partial charge in [-0.25, -0.2) is 0 Å². The number of nitrogens with two attached hydrogens (primary N) is 1. The van der Waals surface area contributed by atoms with Crippen LogP contribution in [-0.2, 0) is 11.3 Å². The Bertz CT molecular complexity index is 537. The number of nitro benzene ring substituents is 1. The van der Waals surface area contributed by atoms with Gasteiger partial charge in [0.25, 0.3) is 5.69 Å². The van der Waals surface area contributed by atoms with Crippen molar-refractivity contribution < 1.29 is 9.72 Å². The molecule has 1 aromatic rings. The molecule has 1 aromatic carbocycles. The standard InChI is InChI=1S/C12H15BrN4O3/c13-11-8(2-1-3-9(11)17(19)20)7-16-5-4-15-6-10(16)12(14)18/h1-3,10,15H,4-7H2,(H2,14,18). The number of benzene rings is 1. The van der Waals surface area contributed by atoms with E-state index in [0.717, 1.165) is 12.1 Å². The first-order valence-corrected chi connectivity index (χ1v) is 6.96. The van der Waals surface area contributed by atoms with Crippen molar-refractivity contribution in [1.29, 1.82) is 0 Å². The summed E-state index contributed by atoms with van der Waals surface area (Å²) >= 11 is 3.27. The van der Waals surface area contributed by atoms with E-state index >= 15 is 0 Å². The van der Waals surface area contributed by atoms with E-state index in [1.807, 2.05) is 4.90 Å². The Hall–Kier alpha value is -1.51. The molecule has 0 spiro atoms. The number of halogens is 1. The van der Waals surface area contributed by atoms with E-state index in [0.29, 0.717) is 24.1 Å². The minimum atomic E-state index is -0.434. The van der Waals surface area contributed by atoms with E-state index < -0.39 is 16.9 Å². The van der Waals surface area contributed by atoms with Crippen LogP contribution < -0.4 is 11.1 Å². The maximum atomic E-state index is 11.4. The van der Waals surface area contributed by atoms with Crippen LogP contribution in [0, 0.1) is 10.1 Å². The molecule has 1 fully saturated rings. The molecular weight excluding hydrogens is 328 g/mol. The molecular formula is C12H15BrN4O3. The highest BCUT2D eigenvalue weighted by molar-refractivity contribution is 9.10. The van der Waals surface area contributed by atoms with Crippen LogP contribution in [0.15, 0.2) is 22.7 Å². The maximum Gasteiger partial charge on any atom is 0.283 e. The molecule has 7 nitrogen and oxygen atoms in total. The molecule has 8 heteroatoms. The van der Waals surface area contributed by atoms with Gasteiger partial charge < -0.3 is 11.1 Å². The Labute approximate surface area is 124 Å². The van der Waals surface area contributed by atoms with Gasteiger partial charge in [0.15, 0.2) is 0 Å². The number of hydrogen-bond donors (Lipinski definition) is 2. The number of hydrogen-bond acceptors (Lipinski definition) is 5. The van der Waals surface area contributed by atoms with E-state index in [-0.39, 0.29) is 5.69 Å². The molecule has 0 aliphatic carbocycles. The average molecular weight is 343 g/mol. The molecule has 3 N–H and O–H groups in total. The summed E-state index contributed by atoms with van der Waals surface area (Å²) in [6.45, 7) is 2.37. The Morgan fingerprint density at radius 2 is 2.35 bits per heavy atom. The summed E-state index contributed by atoms with van der Waals surface area (Å²) in [4.78, 5) is 23.9. The molecule has 20 heavy (non-hydrogen) atoms. The summed E-state index contributed by atoms with van der Waals surface area (Å²) in [5.74, 6) is -0.390. The molecule has 0 aromatic heterocycles. The number of rotatable bonds is 4. The van der Waals surface area contributed by atoms with Crippen LogP contribution in [0.1, 0.15) is 5.56 Å². The molecule has 108 valence electrons. The smallest absolute Gasteiger partial charge is 0.283 e. The predicted octanol–water partition coefficient (Wildman–Crippen LogP) is 0.616. The van der Waals surface area contributed by atoms with Crippen LogP contribution in [0.4, 0.5) is 5.69 Å². The highest BCUT2D eigenvalue weighted by Crippen LogP contribution is 2.29. The normalized spacial score (nSPS) is 19.8. The minimum absolute atomic E-state index is 0.0215. The number of primary amides is 1.